The third-order valence-electron chi connectivity index (χ3n) is 7.62. The maximum atomic E-state index is 14.2. The Kier molecular flexibility index (Phi) is 6.66. The molecule has 1 saturated carbocycles. The topological polar surface area (TPSA) is 80.6 Å². The van der Waals surface area contributed by atoms with Crippen LogP contribution in [-0.4, -0.2) is 52.9 Å². The van der Waals surface area contributed by atoms with Crippen molar-refractivity contribution < 1.29 is 18.7 Å². The van der Waals surface area contributed by atoms with E-state index in [0.29, 0.717) is 48.6 Å². The predicted molar refractivity (Wildman–Crippen MR) is 143 cm³/mol. The predicted octanol–water partition coefficient (Wildman–Crippen LogP) is 4.55. The summed E-state index contributed by atoms with van der Waals surface area (Å²) in [5.41, 5.74) is 0.974. The summed E-state index contributed by atoms with van der Waals surface area (Å²) in [7, 11) is 0. The molecule has 2 aromatic carbocycles. The number of nitrogens with zero attached hydrogens (tertiary/aromatic N) is 2. The molecule has 10 heteroatoms. The first-order chi connectivity index (χ1) is 18.3. The molecule has 1 aromatic heterocycles. The second-order valence-electron chi connectivity index (χ2n) is 10.3. The molecule has 0 spiro atoms. The first kappa shape index (κ1) is 25.3. The van der Waals surface area contributed by atoms with E-state index in [4.69, 9.17) is 27.9 Å². The number of ether oxygens (including phenoxy) is 1. The fourth-order valence-electron chi connectivity index (χ4n) is 5.38. The average molecular weight is 558 g/mol. The van der Waals surface area contributed by atoms with Gasteiger partial charge in [-0.15, -0.1) is 0 Å². The van der Waals surface area contributed by atoms with E-state index in [2.05, 4.69) is 10.2 Å². The number of pyridine rings is 1. The number of halogens is 3. The van der Waals surface area contributed by atoms with Gasteiger partial charge in [-0.1, -0.05) is 23.2 Å². The molecule has 2 fully saturated rings. The molecule has 1 atom stereocenters. The molecule has 6 rings (SSSR count). The van der Waals surface area contributed by atoms with E-state index in [9.17, 15) is 18.8 Å². The Balaban J connectivity index is 1.08. The highest BCUT2D eigenvalue weighted by Crippen LogP contribution is 2.38. The van der Waals surface area contributed by atoms with Gasteiger partial charge in [-0.2, -0.15) is 0 Å². The lowest BCUT2D eigenvalue weighted by Crippen LogP contribution is -2.48. The van der Waals surface area contributed by atoms with E-state index in [0.717, 1.165) is 24.5 Å². The van der Waals surface area contributed by atoms with Crippen LogP contribution >= 0.6 is 23.2 Å². The molecule has 2 aliphatic heterocycles. The number of Topliss-reactive ketones (excluding diaryl/α,β-unsaturated/α-hetero) is 1. The third kappa shape index (κ3) is 4.93. The summed E-state index contributed by atoms with van der Waals surface area (Å²) in [6.07, 6.45) is 4.73. The van der Waals surface area contributed by atoms with Crippen LogP contribution in [0.25, 0.3) is 10.9 Å². The van der Waals surface area contributed by atoms with Gasteiger partial charge < -0.3 is 14.6 Å². The monoisotopic (exact) mass is 557 g/mol. The van der Waals surface area contributed by atoms with Gasteiger partial charge in [-0.3, -0.25) is 19.3 Å². The Hall–Kier alpha value is -2.94. The lowest BCUT2D eigenvalue weighted by Gasteiger charge is -2.32. The van der Waals surface area contributed by atoms with Crippen LogP contribution in [0.1, 0.15) is 47.6 Å². The standard InChI is InChI=1S/C28H26Cl2FN3O4/c29-16-1-4-25-15(9-16)10-26(38-25)24(35)14-33-7-5-17(6-8-33)32-28(37)20-13-34(18-2-3-18)23-12-21(30)22(31)11-19(23)27(20)36/h1,4,9,11-13,17-18,26H,2-3,5-8,10,14H2,(H,32,37). The van der Waals surface area contributed by atoms with Crippen molar-refractivity contribution in [2.75, 3.05) is 19.6 Å². The summed E-state index contributed by atoms with van der Waals surface area (Å²) >= 11 is 12.0. The minimum atomic E-state index is -0.686. The molecule has 3 aliphatic rings. The highest BCUT2D eigenvalue weighted by atomic mass is 35.5. The zero-order valence-electron chi connectivity index (χ0n) is 20.5. The Morgan fingerprint density at radius 3 is 2.58 bits per heavy atom. The second-order valence-corrected chi connectivity index (χ2v) is 11.2. The number of hydrogen-bond acceptors (Lipinski definition) is 5. The molecule has 1 aliphatic carbocycles. The molecule has 1 amide bonds. The van der Waals surface area contributed by atoms with Crippen LogP contribution in [0.5, 0.6) is 5.75 Å². The van der Waals surface area contributed by atoms with Gasteiger partial charge >= 0.3 is 0 Å². The summed E-state index contributed by atoms with van der Waals surface area (Å²) < 4.78 is 21.9. The normalized spacial score (nSPS) is 19.8. The maximum Gasteiger partial charge on any atom is 0.256 e. The number of carbonyl (C=O) groups is 2. The Morgan fingerprint density at radius 1 is 1.08 bits per heavy atom. The van der Waals surface area contributed by atoms with Gasteiger partial charge in [-0.05, 0) is 61.6 Å². The highest BCUT2D eigenvalue weighted by molar-refractivity contribution is 6.31. The van der Waals surface area contributed by atoms with E-state index in [1.807, 2.05) is 10.6 Å². The van der Waals surface area contributed by atoms with E-state index < -0.39 is 23.3 Å². The van der Waals surface area contributed by atoms with Crippen LogP contribution in [0, 0.1) is 5.82 Å². The third-order valence-corrected chi connectivity index (χ3v) is 8.14. The fraction of sp³-hybridized carbons (Fsp3) is 0.393. The van der Waals surface area contributed by atoms with Gasteiger partial charge in [0, 0.05) is 48.2 Å². The molecule has 1 saturated heterocycles. The molecule has 1 N–H and O–H groups in total. The zero-order valence-corrected chi connectivity index (χ0v) is 22.0. The van der Waals surface area contributed by atoms with Crippen LogP contribution < -0.4 is 15.5 Å². The molecule has 0 bridgehead atoms. The average Bonchev–Trinajstić information content (AvgIpc) is 3.64. The lowest BCUT2D eigenvalue weighted by molar-refractivity contribution is -0.126. The smallest absolute Gasteiger partial charge is 0.256 e. The Bertz CT molecular complexity index is 1510. The molecule has 7 nitrogen and oxygen atoms in total. The zero-order chi connectivity index (χ0) is 26.6. The lowest BCUT2D eigenvalue weighted by atomic mass is 10.0. The van der Waals surface area contributed by atoms with Crippen molar-refractivity contribution in [1.29, 1.82) is 0 Å². The van der Waals surface area contributed by atoms with Gasteiger partial charge in [0.1, 0.15) is 17.1 Å². The van der Waals surface area contributed by atoms with E-state index >= 15 is 0 Å². The Labute approximate surface area is 228 Å². The number of aromatic nitrogens is 1. The molecular formula is C28H26Cl2FN3O4. The van der Waals surface area contributed by atoms with Gasteiger partial charge in [0.15, 0.2) is 11.9 Å². The van der Waals surface area contributed by atoms with Gasteiger partial charge in [0.25, 0.3) is 5.91 Å². The number of carbonyl (C=O) groups excluding carboxylic acids is 2. The second kappa shape index (κ2) is 9.98. The van der Waals surface area contributed by atoms with Crippen LogP contribution in [0.4, 0.5) is 4.39 Å². The molecule has 3 aromatic rings. The van der Waals surface area contributed by atoms with Crippen LogP contribution in [-0.2, 0) is 11.2 Å². The quantitative estimate of drug-likeness (QED) is 0.481. The minimum absolute atomic E-state index is 0.00165. The number of likely N-dealkylation sites (tertiary alicyclic amines) is 1. The number of ketones is 1. The number of hydrogen-bond donors (Lipinski definition) is 1. The van der Waals surface area contributed by atoms with E-state index in [1.165, 1.54) is 6.07 Å². The van der Waals surface area contributed by atoms with Crippen molar-refractivity contribution >= 4 is 45.8 Å². The minimum Gasteiger partial charge on any atom is -0.482 e. The summed E-state index contributed by atoms with van der Waals surface area (Å²) in [6, 6.07) is 7.98. The number of fused-ring (bicyclic) bond motifs is 2. The van der Waals surface area contributed by atoms with Crippen LogP contribution in [0.3, 0.4) is 0 Å². The summed E-state index contributed by atoms with van der Waals surface area (Å²) in [5.74, 6) is -0.431. The number of rotatable bonds is 6. The first-order valence-corrected chi connectivity index (χ1v) is 13.6. The van der Waals surface area contributed by atoms with E-state index in [1.54, 1.807) is 18.3 Å². The molecule has 38 heavy (non-hydrogen) atoms. The highest BCUT2D eigenvalue weighted by Gasteiger charge is 2.32. The van der Waals surface area contributed by atoms with Crippen molar-refractivity contribution in [2.24, 2.45) is 0 Å². The number of nitrogens with one attached hydrogen (secondary N) is 1. The Morgan fingerprint density at radius 2 is 1.84 bits per heavy atom. The summed E-state index contributed by atoms with van der Waals surface area (Å²) in [5, 5.41) is 3.70. The van der Waals surface area contributed by atoms with Crippen molar-refractivity contribution in [1.82, 2.24) is 14.8 Å². The SMILES string of the molecule is O=C(NC1CCN(CC(=O)C2Cc3cc(Cl)ccc3O2)CC1)c1cn(C2CC2)c2cc(Cl)c(F)cc2c1=O. The maximum absolute atomic E-state index is 14.2. The number of piperidine rings is 1. The molecular weight excluding hydrogens is 532 g/mol. The number of benzene rings is 2. The van der Waals surface area contributed by atoms with Crippen molar-refractivity contribution in [3.63, 3.8) is 0 Å². The molecule has 1 unspecified atom stereocenters. The molecule has 0 radical (unpaired) electrons. The molecule has 198 valence electrons. The number of amides is 1. The van der Waals surface area contributed by atoms with Gasteiger partial charge in [-0.25, -0.2) is 4.39 Å². The first-order valence-electron chi connectivity index (χ1n) is 12.8. The van der Waals surface area contributed by atoms with Crippen LogP contribution in [0.2, 0.25) is 10.0 Å². The van der Waals surface area contributed by atoms with E-state index in [-0.39, 0.29) is 40.4 Å². The summed E-state index contributed by atoms with van der Waals surface area (Å²) in [6.45, 7) is 1.55. The van der Waals surface area contributed by atoms with Crippen molar-refractivity contribution in [3.8, 4) is 5.75 Å². The van der Waals surface area contributed by atoms with Crippen molar-refractivity contribution in [2.45, 2.75) is 50.3 Å². The van der Waals surface area contributed by atoms with Crippen LogP contribution in [0.15, 0.2) is 41.3 Å². The summed E-state index contributed by atoms with van der Waals surface area (Å²) in [4.78, 5) is 41.2. The molecule has 3 heterocycles. The van der Waals surface area contributed by atoms with Crippen molar-refractivity contribution in [3.05, 3.63) is 73.7 Å². The van der Waals surface area contributed by atoms with Gasteiger partial charge in [0.2, 0.25) is 5.43 Å². The largest absolute Gasteiger partial charge is 0.482 e. The van der Waals surface area contributed by atoms with Gasteiger partial charge in [0.05, 0.1) is 17.1 Å². The fourth-order valence-corrected chi connectivity index (χ4v) is 5.73.